The van der Waals surface area contributed by atoms with Gasteiger partial charge in [-0.25, -0.2) is 4.39 Å². The van der Waals surface area contributed by atoms with Crippen molar-refractivity contribution < 1.29 is 18.7 Å². The molecule has 2 aliphatic heterocycles. The minimum Gasteiger partial charge on any atom is -0.381 e. The van der Waals surface area contributed by atoms with Gasteiger partial charge in [0.05, 0.1) is 11.7 Å². The number of amides is 2. The van der Waals surface area contributed by atoms with Crippen molar-refractivity contribution in [2.45, 2.75) is 31.3 Å². The Balaban J connectivity index is 0.00000243. The summed E-state index contributed by atoms with van der Waals surface area (Å²) in [5.41, 5.74) is 6.40. The second kappa shape index (κ2) is 8.79. The predicted octanol–water partition coefficient (Wildman–Crippen LogP) is 1.57. The first kappa shape index (κ1) is 20.6. The molecule has 144 valence electrons. The zero-order chi connectivity index (χ0) is 18.0. The summed E-state index contributed by atoms with van der Waals surface area (Å²) in [6, 6.07) is 4.94. The zero-order valence-corrected chi connectivity index (χ0v) is 15.6. The number of anilines is 1. The summed E-state index contributed by atoms with van der Waals surface area (Å²) in [6.07, 6.45) is 1.97. The number of carbonyl (C=O) groups is 2. The molecule has 2 aliphatic rings. The quantitative estimate of drug-likeness (QED) is 0.853. The minimum atomic E-state index is -0.635. The normalized spacial score (nSPS) is 22.0. The van der Waals surface area contributed by atoms with Crippen LogP contribution in [-0.2, 0) is 14.3 Å². The molecule has 3 rings (SSSR count). The Labute approximate surface area is 158 Å². The molecule has 2 fully saturated rings. The van der Waals surface area contributed by atoms with Crippen LogP contribution in [0.15, 0.2) is 24.3 Å². The summed E-state index contributed by atoms with van der Waals surface area (Å²) in [6.45, 7) is 1.60. The van der Waals surface area contributed by atoms with Gasteiger partial charge in [0.2, 0.25) is 11.8 Å². The van der Waals surface area contributed by atoms with E-state index in [0.29, 0.717) is 26.2 Å². The third-order valence-corrected chi connectivity index (χ3v) is 5.19. The molecule has 0 bridgehead atoms. The molecular formula is C18H25ClFN3O3. The topological polar surface area (TPSA) is 75.9 Å². The second-order valence-electron chi connectivity index (χ2n) is 6.67. The van der Waals surface area contributed by atoms with Crippen molar-refractivity contribution in [3.05, 3.63) is 30.1 Å². The summed E-state index contributed by atoms with van der Waals surface area (Å²) < 4.78 is 19.3. The number of hydrogen-bond acceptors (Lipinski definition) is 4. The summed E-state index contributed by atoms with van der Waals surface area (Å²) in [5, 5.41) is 0. The average molecular weight is 386 g/mol. The Morgan fingerprint density at radius 1 is 1.31 bits per heavy atom. The second-order valence-corrected chi connectivity index (χ2v) is 6.67. The first-order chi connectivity index (χ1) is 12.0. The molecule has 2 amide bonds. The maximum Gasteiger partial charge on any atom is 0.249 e. The van der Waals surface area contributed by atoms with Crippen LogP contribution in [0.4, 0.5) is 10.1 Å². The van der Waals surface area contributed by atoms with Gasteiger partial charge in [-0.05, 0) is 37.3 Å². The Morgan fingerprint density at radius 3 is 2.62 bits per heavy atom. The molecule has 2 saturated heterocycles. The monoisotopic (exact) mass is 385 g/mol. The van der Waals surface area contributed by atoms with Gasteiger partial charge >= 0.3 is 0 Å². The van der Waals surface area contributed by atoms with Crippen LogP contribution in [-0.4, -0.2) is 55.6 Å². The number of rotatable bonds is 4. The summed E-state index contributed by atoms with van der Waals surface area (Å²) in [4.78, 5) is 28.2. The fraction of sp³-hybridized carbons (Fsp3) is 0.556. The Morgan fingerprint density at radius 2 is 1.96 bits per heavy atom. The minimum absolute atomic E-state index is 0. The number of carbonyl (C=O) groups excluding carboxylic acids is 2. The van der Waals surface area contributed by atoms with Crippen molar-refractivity contribution in [2.75, 3.05) is 31.7 Å². The molecule has 1 aromatic rings. The molecule has 0 spiro atoms. The summed E-state index contributed by atoms with van der Waals surface area (Å²) >= 11 is 0. The van der Waals surface area contributed by atoms with Gasteiger partial charge in [0.1, 0.15) is 11.9 Å². The molecule has 0 aromatic heterocycles. The number of ether oxygens (including phenoxy) is 1. The standard InChI is InChI=1S/C18H24FN3O3.ClH/c1-21(18(24)16(20)12-7-10-25-11-8-12)15-6-9-22(17(15)23)14-5-3-2-4-13(14)19;/h2-5,12,15-16H,6-11,20H2,1H3;1H. The number of likely N-dealkylation sites (N-methyl/N-ethyl adjacent to an activating group) is 1. The smallest absolute Gasteiger partial charge is 0.249 e. The van der Waals surface area contributed by atoms with Crippen molar-refractivity contribution in [2.24, 2.45) is 11.7 Å². The maximum absolute atomic E-state index is 14.0. The van der Waals surface area contributed by atoms with Crippen LogP contribution in [0.3, 0.4) is 0 Å². The Hall–Kier alpha value is -1.70. The van der Waals surface area contributed by atoms with Crippen molar-refractivity contribution in [1.29, 1.82) is 0 Å². The largest absolute Gasteiger partial charge is 0.381 e. The molecule has 26 heavy (non-hydrogen) atoms. The SMILES string of the molecule is CN(C(=O)C(N)C1CCOCC1)C1CCN(c2ccccc2F)C1=O.Cl. The molecule has 2 heterocycles. The number of halogens is 2. The van der Waals surface area contributed by atoms with Gasteiger partial charge in [-0.1, -0.05) is 12.1 Å². The number of benzene rings is 1. The number of nitrogens with zero attached hydrogens (tertiary/aromatic N) is 2. The van der Waals surface area contributed by atoms with Crippen LogP contribution in [0, 0.1) is 11.7 Å². The van der Waals surface area contributed by atoms with Crippen molar-refractivity contribution in [1.82, 2.24) is 4.90 Å². The first-order valence-electron chi connectivity index (χ1n) is 8.66. The van der Waals surface area contributed by atoms with Gasteiger partial charge in [-0.15, -0.1) is 12.4 Å². The molecule has 2 atom stereocenters. The average Bonchev–Trinajstić information content (AvgIpc) is 3.02. The molecule has 2 unspecified atom stereocenters. The highest BCUT2D eigenvalue weighted by molar-refractivity contribution is 6.01. The lowest BCUT2D eigenvalue weighted by atomic mass is 9.91. The number of para-hydroxylation sites is 1. The van der Waals surface area contributed by atoms with Gasteiger partial charge in [0, 0.05) is 26.8 Å². The van der Waals surface area contributed by atoms with Gasteiger partial charge in [-0.2, -0.15) is 0 Å². The molecule has 8 heteroatoms. The molecule has 0 aliphatic carbocycles. The van der Waals surface area contributed by atoms with Crippen molar-refractivity contribution >= 4 is 29.9 Å². The number of nitrogens with two attached hydrogens (primary N) is 1. The van der Waals surface area contributed by atoms with Crippen LogP contribution >= 0.6 is 12.4 Å². The van der Waals surface area contributed by atoms with Gasteiger partial charge < -0.3 is 20.3 Å². The van der Waals surface area contributed by atoms with E-state index in [1.165, 1.54) is 15.9 Å². The van der Waals surface area contributed by atoms with Gasteiger partial charge in [-0.3, -0.25) is 9.59 Å². The van der Waals surface area contributed by atoms with Gasteiger partial charge in [0.15, 0.2) is 0 Å². The highest BCUT2D eigenvalue weighted by atomic mass is 35.5. The van der Waals surface area contributed by atoms with Crippen molar-refractivity contribution in [3.63, 3.8) is 0 Å². The highest BCUT2D eigenvalue weighted by Crippen LogP contribution is 2.27. The van der Waals surface area contributed by atoms with Crippen LogP contribution < -0.4 is 10.6 Å². The zero-order valence-electron chi connectivity index (χ0n) is 14.8. The molecule has 0 saturated carbocycles. The molecule has 0 radical (unpaired) electrons. The van der Waals surface area contributed by atoms with E-state index in [1.807, 2.05) is 0 Å². The van der Waals surface area contributed by atoms with Crippen LogP contribution in [0.5, 0.6) is 0 Å². The van der Waals surface area contributed by atoms with Crippen molar-refractivity contribution in [3.8, 4) is 0 Å². The van der Waals surface area contributed by atoms with Crippen LogP contribution in [0.2, 0.25) is 0 Å². The molecule has 2 N–H and O–H groups in total. The van der Waals surface area contributed by atoms with Crippen LogP contribution in [0.25, 0.3) is 0 Å². The summed E-state index contributed by atoms with van der Waals surface area (Å²) in [5.74, 6) is -0.868. The number of hydrogen-bond donors (Lipinski definition) is 1. The molecule has 6 nitrogen and oxygen atoms in total. The lowest BCUT2D eigenvalue weighted by Gasteiger charge is -2.32. The molecule has 1 aromatic carbocycles. The fourth-order valence-corrected chi connectivity index (χ4v) is 3.60. The third kappa shape index (κ3) is 4.00. The Bertz CT molecular complexity index is 654. The lowest BCUT2D eigenvalue weighted by molar-refractivity contribution is -0.139. The first-order valence-corrected chi connectivity index (χ1v) is 8.66. The fourth-order valence-electron chi connectivity index (χ4n) is 3.60. The van der Waals surface area contributed by atoms with E-state index in [0.717, 1.165) is 12.8 Å². The highest BCUT2D eigenvalue weighted by Gasteiger charge is 2.40. The van der Waals surface area contributed by atoms with Crippen LogP contribution in [0.1, 0.15) is 19.3 Å². The van der Waals surface area contributed by atoms with Gasteiger partial charge in [0.25, 0.3) is 0 Å². The van der Waals surface area contributed by atoms with E-state index in [1.54, 1.807) is 25.2 Å². The van der Waals surface area contributed by atoms with E-state index >= 15 is 0 Å². The summed E-state index contributed by atoms with van der Waals surface area (Å²) in [7, 11) is 1.61. The maximum atomic E-state index is 14.0. The molecular weight excluding hydrogens is 361 g/mol. The van der Waals surface area contributed by atoms with E-state index < -0.39 is 17.9 Å². The van der Waals surface area contributed by atoms with E-state index in [4.69, 9.17) is 10.5 Å². The Kier molecular flexibility index (Phi) is 6.97. The third-order valence-electron chi connectivity index (χ3n) is 5.19. The van der Waals surface area contributed by atoms with E-state index in [9.17, 15) is 14.0 Å². The predicted molar refractivity (Wildman–Crippen MR) is 98.7 cm³/mol. The van der Waals surface area contributed by atoms with E-state index in [-0.39, 0.29) is 35.8 Å². The van der Waals surface area contributed by atoms with E-state index in [2.05, 4.69) is 0 Å². The lowest BCUT2D eigenvalue weighted by Crippen LogP contribution is -2.52.